The molecule has 1 saturated heterocycles. The van der Waals surface area contributed by atoms with Crippen LogP contribution in [-0.2, 0) is 9.84 Å². The molecule has 1 amide bonds. The van der Waals surface area contributed by atoms with Crippen LogP contribution in [0.4, 0.5) is 0 Å². The van der Waals surface area contributed by atoms with Crippen molar-refractivity contribution in [3.63, 3.8) is 0 Å². The van der Waals surface area contributed by atoms with Crippen molar-refractivity contribution in [1.29, 1.82) is 0 Å². The molecule has 116 valence electrons. The largest absolute Gasteiger partial charge is 0.341 e. The van der Waals surface area contributed by atoms with Crippen LogP contribution < -0.4 is 5.32 Å². The first-order valence-corrected chi connectivity index (χ1v) is 9.03. The van der Waals surface area contributed by atoms with E-state index in [-0.39, 0.29) is 10.8 Å². The van der Waals surface area contributed by atoms with Gasteiger partial charge in [0.2, 0.25) is 0 Å². The first-order chi connectivity index (χ1) is 9.88. The van der Waals surface area contributed by atoms with Gasteiger partial charge in [-0.25, -0.2) is 8.42 Å². The lowest BCUT2D eigenvalue weighted by Gasteiger charge is -2.27. The summed E-state index contributed by atoms with van der Waals surface area (Å²) in [6, 6.07) is 6.14. The average Bonchev–Trinajstić information content (AvgIpc) is 2.46. The lowest BCUT2D eigenvalue weighted by molar-refractivity contribution is 0.0762. The van der Waals surface area contributed by atoms with Gasteiger partial charge in [-0.15, -0.1) is 0 Å². The second kappa shape index (κ2) is 6.58. The van der Waals surface area contributed by atoms with Crippen LogP contribution in [0.2, 0.25) is 0 Å². The predicted molar refractivity (Wildman–Crippen MR) is 82.1 cm³/mol. The molecule has 0 unspecified atom stereocenters. The molecule has 0 radical (unpaired) electrons. The van der Waals surface area contributed by atoms with Crippen LogP contribution in [0.5, 0.6) is 0 Å². The van der Waals surface area contributed by atoms with Gasteiger partial charge in [0, 0.05) is 25.4 Å². The maximum absolute atomic E-state index is 12.3. The van der Waals surface area contributed by atoms with E-state index in [1.807, 2.05) is 0 Å². The highest BCUT2D eigenvalue weighted by atomic mass is 32.2. The molecule has 0 spiro atoms. The van der Waals surface area contributed by atoms with Gasteiger partial charge in [-0.2, -0.15) is 0 Å². The fourth-order valence-electron chi connectivity index (χ4n) is 2.60. The molecule has 1 fully saturated rings. The summed E-state index contributed by atoms with van der Waals surface area (Å²) in [5, 5.41) is 3.31. The molecule has 1 aliphatic rings. The van der Waals surface area contributed by atoms with Gasteiger partial charge in [-0.3, -0.25) is 4.79 Å². The van der Waals surface area contributed by atoms with Gasteiger partial charge >= 0.3 is 0 Å². The standard InChI is InChI=1S/C15H22N2O3S/c1-17(11-12-7-9-16-10-8-12)15(18)13-3-5-14(6-4-13)21(2,19)20/h3-6,12,16H,7-11H2,1-2H3. The zero-order valence-corrected chi connectivity index (χ0v) is 13.3. The van der Waals surface area contributed by atoms with Crippen LogP contribution in [0.1, 0.15) is 23.2 Å². The van der Waals surface area contributed by atoms with E-state index in [9.17, 15) is 13.2 Å². The zero-order valence-electron chi connectivity index (χ0n) is 12.5. The molecule has 0 atom stereocenters. The van der Waals surface area contributed by atoms with E-state index in [1.165, 1.54) is 12.1 Å². The number of hydrogen-bond donors (Lipinski definition) is 1. The summed E-state index contributed by atoms with van der Waals surface area (Å²) in [6.07, 6.45) is 3.34. The third-order valence-corrected chi connectivity index (χ3v) is 5.00. The molecule has 0 aromatic heterocycles. The Morgan fingerprint density at radius 1 is 1.24 bits per heavy atom. The number of rotatable bonds is 4. The second-order valence-electron chi connectivity index (χ2n) is 5.68. The number of carbonyl (C=O) groups is 1. The van der Waals surface area contributed by atoms with Crippen LogP contribution in [0, 0.1) is 5.92 Å². The Morgan fingerprint density at radius 2 is 1.81 bits per heavy atom. The molecule has 1 aromatic rings. The maximum atomic E-state index is 12.3. The lowest BCUT2D eigenvalue weighted by atomic mass is 9.97. The number of hydrogen-bond acceptors (Lipinski definition) is 4. The normalized spacial score (nSPS) is 16.7. The number of sulfone groups is 1. The molecular formula is C15H22N2O3S. The summed E-state index contributed by atoms with van der Waals surface area (Å²) in [7, 11) is -1.42. The van der Waals surface area contributed by atoms with Gasteiger partial charge < -0.3 is 10.2 Å². The number of amides is 1. The van der Waals surface area contributed by atoms with Gasteiger partial charge in [-0.05, 0) is 56.1 Å². The quantitative estimate of drug-likeness (QED) is 0.906. The van der Waals surface area contributed by atoms with E-state index in [4.69, 9.17) is 0 Å². The third-order valence-electron chi connectivity index (χ3n) is 3.87. The minimum atomic E-state index is -3.22. The number of nitrogens with one attached hydrogen (secondary N) is 1. The smallest absolute Gasteiger partial charge is 0.253 e. The van der Waals surface area contributed by atoms with E-state index in [0.717, 1.165) is 38.7 Å². The van der Waals surface area contributed by atoms with E-state index in [1.54, 1.807) is 24.1 Å². The fraction of sp³-hybridized carbons (Fsp3) is 0.533. The Kier molecular flexibility index (Phi) is 5.00. The highest BCUT2D eigenvalue weighted by Crippen LogP contribution is 2.15. The molecular weight excluding hydrogens is 288 g/mol. The highest BCUT2D eigenvalue weighted by molar-refractivity contribution is 7.90. The zero-order chi connectivity index (χ0) is 15.5. The van der Waals surface area contributed by atoms with Crippen molar-refractivity contribution in [3.8, 4) is 0 Å². The number of benzene rings is 1. The van der Waals surface area contributed by atoms with E-state index < -0.39 is 9.84 Å². The van der Waals surface area contributed by atoms with Crippen molar-refractivity contribution in [2.75, 3.05) is 32.9 Å². The average molecular weight is 310 g/mol. The van der Waals surface area contributed by atoms with E-state index >= 15 is 0 Å². The van der Waals surface area contributed by atoms with Crippen molar-refractivity contribution in [2.24, 2.45) is 5.92 Å². The Morgan fingerprint density at radius 3 is 2.33 bits per heavy atom. The minimum absolute atomic E-state index is 0.0615. The number of nitrogens with zero attached hydrogens (tertiary/aromatic N) is 1. The molecule has 0 bridgehead atoms. The molecule has 1 aliphatic heterocycles. The summed E-state index contributed by atoms with van der Waals surface area (Å²) in [6.45, 7) is 2.76. The van der Waals surface area contributed by atoms with Gasteiger partial charge in [0.1, 0.15) is 0 Å². The van der Waals surface area contributed by atoms with Gasteiger partial charge in [0.15, 0.2) is 9.84 Å². The molecule has 2 rings (SSSR count). The molecule has 21 heavy (non-hydrogen) atoms. The van der Waals surface area contributed by atoms with Gasteiger partial charge in [-0.1, -0.05) is 0 Å². The van der Waals surface area contributed by atoms with Crippen LogP contribution >= 0.6 is 0 Å². The molecule has 6 heteroatoms. The first kappa shape index (κ1) is 16.0. The van der Waals surface area contributed by atoms with Crippen molar-refractivity contribution < 1.29 is 13.2 Å². The predicted octanol–water partition coefficient (Wildman–Crippen LogP) is 1.16. The van der Waals surface area contributed by atoms with Crippen LogP contribution in [0.3, 0.4) is 0 Å². The summed E-state index contributed by atoms with van der Waals surface area (Å²) >= 11 is 0. The summed E-state index contributed by atoms with van der Waals surface area (Å²) in [5.41, 5.74) is 0.527. The molecule has 0 aliphatic carbocycles. The van der Waals surface area contributed by atoms with Crippen molar-refractivity contribution in [3.05, 3.63) is 29.8 Å². The molecule has 5 nitrogen and oxygen atoms in total. The Hall–Kier alpha value is -1.40. The van der Waals surface area contributed by atoms with E-state index in [2.05, 4.69) is 5.32 Å². The summed E-state index contributed by atoms with van der Waals surface area (Å²) in [4.78, 5) is 14.3. The monoisotopic (exact) mass is 310 g/mol. The van der Waals surface area contributed by atoms with Crippen molar-refractivity contribution >= 4 is 15.7 Å². The first-order valence-electron chi connectivity index (χ1n) is 7.14. The minimum Gasteiger partial charge on any atom is -0.341 e. The molecule has 1 aromatic carbocycles. The van der Waals surface area contributed by atoms with Crippen molar-refractivity contribution in [2.45, 2.75) is 17.7 Å². The van der Waals surface area contributed by atoms with Crippen LogP contribution in [0.25, 0.3) is 0 Å². The Bertz CT molecular complexity index is 590. The number of carbonyl (C=O) groups excluding carboxylic acids is 1. The van der Waals surface area contributed by atoms with Crippen molar-refractivity contribution in [1.82, 2.24) is 10.2 Å². The van der Waals surface area contributed by atoms with Gasteiger partial charge in [0.05, 0.1) is 4.90 Å². The molecule has 1 N–H and O–H groups in total. The maximum Gasteiger partial charge on any atom is 0.253 e. The third kappa shape index (κ3) is 4.28. The van der Waals surface area contributed by atoms with Crippen LogP contribution in [0.15, 0.2) is 29.2 Å². The molecule has 1 heterocycles. The summed E-state index contributed by atoms with van der Waals surface area (Å²) < 4.78 is 22.8. The highest BCUT2D eigenvalue weighted by Gasteiger charge is 2.19. The van der Waals surface area contributed by atoms with E-state index in [0.29, 0.717) is 11.5 Å². The SMILES string of the molecule is CN(CC1CCNCC1)C(=O)c1ccc(S(C)(=O)=O)cc1. The Labute approximate surface area is 126 Å². The number of piperidine rings is 1. The Balaban J connectivity index is 2.01. The topological polar surface area (TPSA) is 66.5 Å². The second-order valence-corrected chi connectivity index (χ2v) is 7.69. The summed E-state index contributed by atoms with van der Waals surface area (Å²) in [5.74, 6) is 0.476. The molecule has 0 saturated carbocycles. The fourth-order valence-corrected chi connectivity index (χ4v) is 3.23. The van der Waals surface area contributed by atoms with Crippen LogP contribution in [-0.4, -0.2) is 52.2 Å². The van der Waals surface area contributed by atoms with Gasteiger partial charge in [0.25, 0.3) is 5.91 Å². The lowest BCUT2D eigenvalue weighted by Crippen LogP contribution is -2.37.